The Kier molecular flexibility index (Phi) is 4.30. The molecule has 106 valence electrons. The smallest absolute Gasteiger partial charge is 0.319 e. The van der Waals surface area contributed by atoms with Gasteiger partial charge in [0.25, 0.3) is 0 Å². The number of rotatable bonds is 5. The highest BCUT2D eigenvalue weighted by Crippen LogP contribution is 2.23. The van der Waals surface area contributed by atoms with Gasteiger partial charge < -0.3 is 19.0 Å². The van der Waals surface area contributed by atoms with Crippen molar-refractivity contribution >= 4 is 5.97 Å². The lowest BCUT2D eigenvalue weighted by molar-refractivity contribution is -0.143. The Balaban J connectivity index is 2.08. The number of carbonyl (C=O) groups excluding carboxylic acids is 1. The predicted octanol–water partition coefficient (Wildman–Crippen LogP) is 2.63. The van der Waals surface area contributed by atoms with E-state index in [1.807, 2.05) is 0 Å². The van der Waals surface area contributed by atoms with Crippen molar-refractivity contribution in [2.45, 2.75) is 12.8 Å². The molecule has 0 aliphatic heterocycles. The van der Waals surface area contributed by atoms with E-state index in [9.17, 15) is 9.90 Å². The maximum absolute atomic E-state index is 11.8. The first-order valence-corrected chi connectivity index (χ1v) is 6.16. The van der Waals surface area contributed by atoms with Crippen molar-refractivity contribution in [3.05, 3.63) is 47.9 Å². The monoisotopic (exact) mass is 276 g/mol. The molecule has 0 amide bonds. The van der Waals surface area contributed by atoms with Crippen molar-refractivity contribution < 1.29 is 23.8 Å². The minimum atomic E-state index is -0.623. The van der Waals surface area contributed by atoms with E-state index in [0.717, 1.165) is 5.76 Å². The maximum Gasteiger partial charge on any atom is 0.319 e. The molecule has 1 heterocycles. The van der Waals surface area contributed by atoms with Gasteiger partial charge in [-0.2, -0.15) is 0 Å². The molecule has 0 saturated heterocycles. The third-order valence-electron chi connectivity index (χ3n) is 2.84. The van der Waals surface area contributed by atoms with Crippen molar-refractivity contribution in [1.29, 1.82) is 0 Å². The Hall–Kier alpha value is -2.43. The summed E-state index contributed by atoms with van der Waals surface area (Å²) in [4.78, 5) is 11.8. The molecule has 0 radical (unpaired) electrons. The van der Waals surface area contributed by atoms with Gasteiger partial charge in [-0.25, -0.2) is 0 Å². The Morgan fingerprint density at radius 2 is 1.95 bits per heavy atom. The average Bonchev–Trinajstić information content (AvgIpc) is 2.87. The molecule has 1 atom stereocenters. The number of carbonyl (C=O) groups is 1. The zero-order valence-electron chi connectivity index (χ0n) is 11.3. The lowest BCUT2D eigenvalue weighted by Gasteiger charge is -2.13. The molecule has 2 rings (SSSR count). The SMILES string of the molecule is COC(=O)C(COc1ccc(O)cc1)c1ccc(C)o1. The zero-order valence-corrected chi connectivity index (χ0v) is 11.3. The average molecular weight is 276 g/mol. The summed E-state index contributed by atoms with van der Waals surface area (Å²) in [6.07, 6.45) is 0. The number of benzene rings is 1. The van der Waals surface area contributed by atoms with Crippen molar-refractivity contribution in [2.75, 3.05) is 13.7 Å². The Morgan fingerprint density at radius 3 is 2.50 bits per heavy atom. The molecule has 0 spiro atoms. The number of phenolic OH excluding ortho intramolecular Hbond substituents is 1. The number of furan rings is 1. The van der Waals surface area contributed by atoms with Gasteiger partial charge in [0.2, 0.25) is 0 Å². The van der Waals surface area contributed by atoms with E-state index in [0.29, 0.717) is 11.5 Å². The van der Waals surface area contributed by atoms with E-state index in [1.54, 1.807) is 31.2 Å². The van der Waals surface area contributed by atoms with Crippen molar-refractivity contribution in [2.24, 2.45) is 0 Å². The second-order valence-corrected chi connectivity index (χ2v) is 4.33. The van der Waals surface area contributed by atoms with Crippen LogP contribution in [0.15, 0.2) is 40.8 Å². The van der Waals surface area contributed by atoms with E-state index >= 15 is 0 Å². The van der Waals surface area contributed by atoms with E-state index in [1.165, 1.54) is 19.2 Å². The van der Waals surface area contributed by atoms with Crippen molar-refractivity contribution in [3.63, 3.8) is 0 Å². The molecular weight excluding hydrogens is 260 g/mol. The number of phenols is 1. The van der Waals surface area contributed by atoms with Gasteiger partial charge >= 0.3 is 5.97 Å². The summed E-state index contributed by atoms with van der Waals surface area (Å²) in [7, 11) is 1.33. The van der Waals surface area contributed by atoms with E-state index in [2.05, 4.69) is 0 Å². The summed E-state index contributed by atoms with van der Waals surface area (Å²) >= 11 is 0. The number of methoxy groups -OCH3 is 1. The molecule has 0 saturated carbocycles. The van der Waals surface area contributed by atoms with Crippen LogP contribution in [0.1, 0.15) is 17.4 Å². The molecule has 0 fully saturated rings. The van der Waals surface area contributed by atoms with Crippen LogP contribution in [0.3, 0.4) is 0 Å². The summed E-state index contributed by atoms with van der Waals surface area (Å²) in [6.45, 7) is 1.91. The van der Waals surface area contributed by atoms with Gasteiger partial charge in [0.1, 0.15) is 35.5 Å². The van der Waals surface area contributed by atoms with Crippen LogP contribution in [0.4, 0.5) is 0 Å². The van der Waals surface area contributed by atoms with Crippen LogP contribution in [-0.4, -0.2) is 24.8 Å². The Morgan fingerprint density at radius 1 is 1.25 bits per heavy atom. The largest absolute Gasteiger partial charge is 0.508 e. The Bertz CT molecular complexity index is 570. The van der Waals surface area contributed by atoms with Crippen LogP contribution in [0.2, 0.25) is 0 Å². The predicted molar refractivity (Wildman–Crippen MR) is 71.8 cm³/mol. The van der Waals surface area contributed by atoms with Crippen LogP contribution in [-0.2, 0) is 9.53 Å². The molecular formula is C15H16O5. The molecule has 0 aliphatic rings. The highest BCUT2D eigenvalue weighted by molar-refractivity contribution is 5.77. The van der Waals surface area contributed by atoms with Crippen LogP contribution < -0.4 is 4.74 Å². The number of hydrogen-bond acceptors (Lipinski definition) is 5. The van der Waals surface area contributed by atoms with Gasteiger partial charge in [-0.15, -0.1) is 0 Å². The van der Waals surface area contributed by atoms with Crippen molar-refractivity contribution in [1.82, 2.24) is 0 Å². The lowest BCUT2D eigenvalue weighted by atomic mass is 10.1. The molecule has 1 unspecified atom stereocenters. The number of ether oxygens (including phenoxy) is 2. The summed E-state index contributed by atoms with van der Waals surface area (Å²) in [5, 5.41) is 9.20. The third kappa shape index (κ3) is 3.32. The fourth-order valence-electron chi connectivity index (χ4n) is 1.77. The molecule has 0 bridgehead atoms. The van der Waals surface area contributed by atoms with Gasteiger partial charge in [0.05, 0.1) is 7.11 Å². The normalized spacial score (nSPS) is 11.9. The molecule has 1 aromatic heterocycles. The van der Waals surface area contributed by atoms with Crippen molar-refractivity contribution in [3.8, 4) is 11.5 Å². The summed E-state index contributed by atoms with van der Waals surface area (Å²) < 4.78 is 15.8. The van der Waals surface area contributed by atoms with Gasteiger partial charge in [0.15, 0.2) is 0 Å². The number of hydrogen-bond donors (Lipinski definition) is 1. The molecule has 5 nitrogen and oxygen atoms in total. The molecule has 20 heavy (non-hydrogen) atoms. The molecule has 1 N–H and O–H groups in total. The Labute approximate surface area is 116 Å². The molecule has 1 aromatic carbocycles. The highest BCUT2D eigenvalue weighted by atomic mass is 16.5. The lowest BCUT2D eigenvalue weighted by Crippen LogP contribution is -2.20. The first-order valence-electron chi connectivity index (χ1n) is 6.16. The van der Waals surface area contributed by atoms with Gasteiger partial charge in [-0.1, -0.05) is 0 Å². The van der Waals surface area contributed by atoms with Crippen LogP contribution in [0, 0.1) is 6.92 Å². The number of esters is 1. The summed E-state index contributed by atoms with van der Waals surface area (Å²) in [5.41, 5.74) is 0. The van der Waals surface area contributed by atoms with E-state index in [4.69, 9.17) is 13.9 Å². The minimum Gasteiger partial charge on any atom is -0.508 e. The zero-order chi connectivity index (χ0) is 14.5. The first-order chi connectivity index (χ1) is 9.60. The molecule has 5 heteroatoms. The highest BCUT2D eigenvalue weighted by Gasteiger charge is 2.25. The standard InChI is InChI=1S/C15H16O5/c1-10-3-8-14(20-10)13(15(17)18-2)9-19-12-6-4-11(16)5-7-12/h3-8,13,16H,9H2,1-2H3. The van der Waals surface area contributed by atoms with Crippen LogP contribution >= 0.6 is 0 Å². The van der Waals surface area contributed by atoms with Gasteiger partial charge in [-0.3, -0.25) is 4.79 Å². The fraction of sp³-hybridized carbons (Fsp3) is 0.267. The van der Waals surface area contributed by atoms with Crippen LogP contribution in [0.5, 0.6) is 11.5 Å². The maximum atomic E-state index is 11.8. The first kappa shape index (κ1) is 14.0. The van der Waals surface area contributed by atoms with E-state index < -0.39 is 11.9 Å². The van der Waals surface area contributed by atoms with Crippen LogP contribution in [0.25, 0.3) is 0 Å². The fourth-order valence-corrected chi connectivity index (χ4v) is 1.77. The van der Waals surface area contributed by atoms with E-state index in [-0.39, 0.29) is 12.4 Å². The topological polar surface area (TPSA) is 68.9 Å². The summed E-state index contributed by atoms with van der Waals surface area (Å²) in [6, 6.07) is 9.79. The second-order valence-electron chi connectivity index (χ2n) is 4.33. The second kappa shape index (κ2) is 6.14. The third-order valence-corrected chi connectivity index (χ3v) is 2.84. The minimum absolute atomic E-state index is 0.102. The number of aryl methyl sites for hydroxylation is 1. The number of aromatic hydroxyl groups is 1. The molecule has 2 aromatic rings. The summed E-state index contributed by atoms with van der Waals surface area (Å²) in [5.74, 6) is 0.899. The molecule has 0 aliphatic carbocycles. The van der Waals surface area contributed by atoms with Gasteiger partial charge in [0, 0.05) is 0 Å². The van der Waals surface area contributed by atoms with Gasteiger partial charge in [-0.05, 0) is 43.3 Å². The quantitative estimate of drug-likeness (QED) is 0.850.